The Morgan fingerprint density at radius 2 is 1.96 bits per heavy atom. The van der Waals surface area contributed by atoms with Crippen molar-refractivity contribution in [3.63, 3.8) is 0 Å². The highest BCUT2D eigenvalue weighted by molar-refractivity contribution is 7.91. The van der Waals surface area contributed by atoms with Crippen molar-refractivity contribution in [1.29, 1.82) is 0 Å². The maximum atomic E-state index is 12.6. The quantitative estimate of drug-likeness (QED) is 0.850. The molecule has 0 radical (unpaired) electrons. The van der Waals surface area contributed by atoms with Gasteiger partial charge < -0.3 is 10.2 Å². The van der Waals surface area contributed by atoms with E-state index in [1.165, 1.54) is 0 Å². The van der Waals surface area contributed by atoms with Gasteiger partial charge in [0.1, 0.15) is 6.04 Å². The van der Waals surface area contributed by atoms with Crippen LogP contribution in [0.4, 0.5) is 0 Å². The summed E-state index contributed by atoms with van der Waals surface area (Å²) >= 11 is 6.16. The van der Waals surface area contributed by atoms with Crippen LogP contribution in [-0.2, 0) is 19.4 Å². The molecule has 3 rings (SSSR count). The van der Waals surface area contributed by atoms with Crippen LogP contribution in [0.3, 0.4) is 0 Å². The van der Waals surface area contributed by atoms with E-state index in [4.69, 9.17) is 11.6 Å². The first-order valence-corrected chi connectivity index (χ1v) is 10.0. The Bertz CT molecular complexity index is 765. The topological polar surface area (TPSA) is 83.6 Å². The number of nitrogens with one attached hydrogen (secondary N) is 1. The van der Waals surface area contributed by atoms with Crippen LogP contribution in [0.25, 0.3) is 0 Å². The molecular weight excluding hydrogens is 352 g/mol. The Balaban J connectivity index is 1.79. The van der Waals surface area contributed by atoms with E-state index in [0.29, 0.717) is 36.4 Å². The maximum Gasteiger partial charge on any atom is 0.245 e. The van der Waals surface area contributed by atoms with Gasteiger partial charge in [-0.05, 0) is 24.5 Å². The van der Waals surface area contributed by atoms with Crippen LogP contribution in [0, 0.1) is 0 Å². The largest absolute Gasteiger partial charge is 0.344 e. The van der Waals surface area contributed by atoms with E-state index in [9.17, 15) is 18.0 Å². The van der Waals surface area contributed by atoms with E-state index in [1.807, 2.05) is 0 Å². The summed E-state index contributed by atoms with van der Waals surface area (Å²) in [6.07, 6.45) is 1.11. The normalized spacial score (nSPS) is 26.7. The molecule has 0 saturated carbocycles. The molecule has 2 unspecified atom stereocenters. The molecule has 0 spiro atoms. The highest BCUT2D eigenvalue weighted by Gasteiger charge is 2.36. The molecule has 2 saturated heterocycles. The summed E-state index contributed by atoms with van der Waals surface area (Å²) in [5.41, 5.74) is 0.586. The lowest BCUT2D eigenvalue weighted by atomic mass is 10.1. The molecule has 1 aromatic rings. The van der Waals surface area contributed by atoms with E-state index in [1.54, 1.807) is 29.2 Å². The van der Waals surface area contributed by atoms with Crippen molar-refractivity contribution < 1.29 is 18.0 Å². The van der Waals surface area contributed by atoms with Gasteiger partial charge in [0.2, 0.25) is 11.8 Å². The highest BCUT2D eigenvalue weighted by Crippen LogP contribution is 2.34. The van der Waals surface area contributed by atoms with Gasteiger partial charge in [0, 0.05) is 24.5 Å². The van der Waals surface area contributed by atoms with Crippen LogP contribution >= 0.6 is 11.6 Å². The van der Waals surface area contributed by atoms with Gasteiger partial charge in [-0.2, -0.15) is 0 Å². The molecule has 2 fully saturated rings. The molecule has 2 amide bonds. The van der Waals surface area contributed by atoms with Gasteiger partial charge in [0.25, 0.3) is 0 Å². The third-order valence-electron chi connectivity index (χ3n) is 4.60. The molecule has 0 bridgehead atoms. The van der Waals surface area contributed by atoms with Crippen LogP contribution in [0.15, 0.2) is 24.3 Å². The first kappa shape index (κ1) is 17.2. The SMILES string of the molecule is O=C1CCC(C(=O)N2CCC(c3ccccc3Cl)S(=O)(=O)CC2)N1. The monoisotopic (exact) mass is 370 g/mol. The minimum absolute atomic E-state index is 0.102. The van der Waals surface area contributed by atoms with Gasteiger partial charge in [-0.15, -0.1) is 0 Å². The van der Waals surface area contributed by atoms with Crippen LogP contribution < -0.4 is 5.32 Å². The van der Waals surface area contributed by atoms with Crippen LogP contribution in [-0.4, -0.2) is 50.0 Å². The van der Waals surface area contributed by atoms with Crippen LogP contribution in [0.1, 0.15) is 30.1 Å². The molecule has 1 N–H and O–H groups in total. The first-order valence-electron chi connectivity index (χ1n) is 7.92. The van der Waals surface area contributed by atoms with E-state index in [2.05, 4.69) is 5.32 Å². The number of sulfone groups is 1. The second kappa shape index (κ2) is 6.72. The van der Waals surface area contributed by atoms with Gasteiger partial charge >= 0.3 is 0 Å². The predicted octanol–water partition coefficient (Wildman–Crippen LogP) is 1.31. The van der Waals surface area contributed by atoms with Crippen LogP contribution in [0.2, 0.25) is 5.02 Å². The second-order valence-electron chi connectivity index (χ2n) is 6.15. The fourth-order valence-corrected chi connectivity index (χ4v) is 5.42. The lowest BCUT2D eigenvalue weighted by molar-refractivity contribution is -0.134. The van der Waals surface area contributed by atoms with Crippen molar-refractivity contribution in [3.05, 3.63) is 34.9 Å². The number of amides is 2. The molecule has 24 heavy (non-hydrogen) atoms. The number of hydrogen-bond donors (Lipinski definition) is 1. The molecule has 8 heteroatoms. The van der Waals surface area contributed by atoms with E-state index < -0.39 is 21.1 Å². The van der Waals surface area contributed by atoms with E-state index >= 15 is 0 Å². The predicted molar refractivity (Wildman–Crippen MR) is 90.3 cm³/mol. The summed E-state index contributed by atoms with van der Waals surface area (Å²) in [7, 11) is -3.40. The molecule has 2 aliphatic heterocycles. The van der Waals surface area contributed by atoms with Crippen molar-refractivity contribution >= 4 is 33.3 Å². The first-order chi connectivity index (χ1) is 11.4. The molecule has 6 nitrogen and oxygen atoms in total. The number of halogens is 1. The number of carbonyl (C=O) groups is 2. The number of nitrogens with zero attached hydrogens (tertiary/aromatic N) is 1. The maximum absolute atomic E-state index is 12.6. The minimum atomic E-state index is -3.40. The zero-order valence-electron chi connectivity index (χ0n) is 13.1. The lowest BCUT2D eigenvalue weighted by Gasteiger charge is -2.23. The fourth-order valence-electron chi connectivity index (χ4n) is 3.27. The zero-order chi connectivity index (χ0) is 17.3. The summed E-state index contributed by atoms with van der Waals surface area (Å²) in [5.74, 6) is -0.435. The molecule has 2 aliphatic rings. The summed E-state index contributed by atoms with van der Waals surface area (Å²) < 4.78 is 25.3. The molecule has 0 aromatic heterocycles. The Kier molecular flexibility index (Phi) is 4.83. The Morgan fingerprint density at radius 3 is 2.62 bits per heavy atom. The summed E-state index contributed by atoms with van der Waals surface area (Å²) in [5, 5.41) is 2.36. The van der Waals surface area contributed by atoms with Gasteiger partial charge in [0.15, 0.2) is 9.84 Å². The average Bonchev–Trinajstić information content (AvgIpc) is 2.90. The van der Waals surface area contributed by atoms with Crippen molar-refractivity contribution in [3.8, 4) is 0 Å². The number of hydrogen-bond acceptors (Lipinski definition) is 4. The molecular formula is C16H19ClN2O4S. The summed E-state index contributed by atoms with van der Waals surface area (Å²) in [6, 6.07) is 6.39. The molecule has 2 atom stereocenters. The molecule has 130 valence electrons. The van der Waals surface area contributed by atoms with Crippen molar-refractivity contribution in [2.75, 3.05) is 18.8 Å². The van der Waals surface area contributed by atoms with Crippen molar-refractivity contribution in [2.24, 2.45) is 0 Å². The smallest absolute Gasteiger partial charge is 0.245 e. The van der Waals surface area contributed by atoms with Crippen molar-refractivity contribution in [2.45, 2.75) is 30.6 Å². The Morgan fingerprint density at radius 1 is 1.21 bits per heavy atom. The Labute approximate surface area is 146 Å². The lowest BCUT2D eigenvalue weighted by Crippen LogP contribution is -2.45. The van der Waals surface area contributed by atoms with E-state index in [0.717, 1.165) is 0 Å². The fraction of sp³-hybridized carbons (Fsp3) is 0.500. The molecule has 0 aliphatic carbocycles. The number of benzene rings is 1. The summed E-state index contributed by atoms with van der Waals surface area (Å²) in [4.78, 5) is 25.4. The minimum Gasteiger partial charge on any atom is -0.344 e. The van der Waals surface area contributed by atoms with Crippen LogP contribution in [0.5, 0.6) is 0 Å². The third kappa shape index (κ3) is 3.42. The standard InChI is InChI=1S/C16H19ClN2O4S/c17-12-4-2-1-3-11(12)14-7-8-19(9-10-24(14,22)23)16(21)13-5-6-15(20)18-13/h1-4,13-14H,5-10H2,(H,18,20). The number of carbonyl (C=O) groups excluding carboxylic acids is 2. The summed E-state index contributed by atoms with van der Waals surface area (Å²) in [6.45, 7) is 0.481. The molecule has 2 heterocycles. The second-order valence-corrected chi connectivity index (χ2v) is 8.86. The van der Waals surface area contributed by atoms with E-state index in [-0.39, 0.29) is 24.1 Å². The van der Waals surface area contributed by atoms with Gasteiger partial charge in [-0.3, -0.25) is 9.59 Å². The van der Waals surface area contributed by atoms with Crippen molar-refractivity contribution in [1.82, 2.24) is 10.2 Å². The third-order valence-corrected chi connectivity index (χ3v) is 7.05. The average molecular weight is 371 g/mol. The zero-order valence-corrected chi connectivity index (χ0v) is 14.6. The van der Waals surface area contributed by atoms with Gasteiger partial charge in [-0.1, -0.05) is 29.8 Å². The highest BCUT2D eigenvalue weighted by atomic mass is 35.5. The van der Waals surface area contributed by atoms with Gasteiger partial charge in [0.05, 0.1) is 11.0 Å². The van der Waals surface area contributed by atoms with Gasteiger partial charge in [-0.25, -0.2) is 8.42 Å². The number of rotatable bonds is 2. The Hall–Kier alpha value is -1.60. The molecule has 1 aromatic carbocycles.